The lowest BCUT2D eigenvalue weighted by Crippen LogP contribution is -2.08. The Morgan fingerprint density at radius 2 is 2.11 bits per heavy atom. The Balaban J connectivity index is 2.89. The van der Waals surface area contributed by atoms with Crippen molar-refractivity contribution in [2.75, 3.05) is 6.61 Å². The van der Waals surface area contributed by atoms with Crippen LogP contribution in [-0.4, -0.2) is 17.6 Å². The molecule has 1 heterocycles. The molecule has 0 aliphatic carbocycles. The summed E-state index contributed by atoms with van der Waals surface area (Å²) >= 11 is 0. The molecule has 0 saturated heterocycles. The van der Waals surface area contributed by atoms with E-state index < -0.39 is 5.97 Å². The molecule has 4 heteroatoms. The smallest absolute Gasteiger partial charge is 0.376 e. The highest BCUT2D eigenvalue weighted by molar-refractivity contribution is 5.87. The zero-order chi connectivity index (χ0) is 13.5. The number of carbonyl (C=O) groups excluding carboxylic acids is 1. The zero-order valence-electron chi connectivity index (χ0n) is 11.8. The number of hydrogen-bond donors (Lipinski definition) is 0. The van der Waals surface area contributed by atoms with Crippen molar-refractivity contribution in [2.24, 2.45) is 5.92 Å². The van der Waals surface area contributed by atoms with Crippen LogP contribution in [0.3, 0.4) is 0 Å². The molecule has 0 aliphatic heterocycles. The third kappa shape index (κ3) is 4.17. The van der Waals surface area contributed by atoms with Gasteiger partial charge in [-0.2, -0.15) is 0 Å². The van der Waals surface area contributed by atoms with Gasteiger partial charge >= 0.3 is 5.97 Å². The molecule has 0 spiro atoms. The first-order chi connectivity index (χ1) is 8.58. The van der Waals surface area contributed by atoms with Crippen molar-refractivity contribution >= 4 is 5.97 Å². The van der Waals surface area contributed by atoms with Gasteiger partial charge in [-0.05, 0) is 25.7 Å². The zero-order valence-corrected chi connectivity index (χ0v) is 11.8. The van der Waals surface area contributed by atoms with Gasteiger partial charge < -0.3 is 9.15 Å². The van der Waals surface area contributed by atoms with E-state index in [2.05, 4.69) is 25.8 Å². The van der Waals surface area contributed by atoms with Crippen LogP contribution in [0.25, 0.3) is 0 Å². The molecule has 0 N–H and O–H groups in total. The van der Waals surface area contributed by atoms with Crippen molar-refractivity contribution in [3.05, 3.63) is 17.3 Å². The quantitative estimate of drug-likeness (QED) is 0.699. The van der Waals surface area contributed by atoms with Crippen LogP contribution in [0.1, 0.15) is 62.7 Å². The topological polar surface area (TPSA) is 52.3 Å². The fraction of sp³-hybridized carbons (Fsp3) is 0.714. The van der Waals surface area contributed by atoms with Crippen molar-refractivity contribution in [1.29, 1.82) is 0 Å². The Labute approximate surface area is 109 Å². The highest BCUT2D eigenvalue weighted by Gasteiger charge is 2.21. The van der Waals surface area contributed by atoms with Gasteiger partial charge in [0, 0.05) is 6.42 Å². The molecule has 0 atom stereocenters. The number of ether oxygens (including phenoxy) is 1. The Morgan fingerprint density at radius 3 is 2.67 bits per heavy atom. The number of rotatable bonds is 7. The third-order valence-corrected chi connectivity index (χ3v) is 2.55. The van der Waals surface area contributed by atoms with Crippen molar-refractivity contribution in [3.8, 4) is 0 Å². The first-order valence-electron chi connectivity index (χ1n) is 6.74. The summed E-state index contributed by atoms with van der Waals surface area (Å²) in [5, 5.41) is 0. The van der Waals surface area contributed by atoms with E-state index in [0.717, 1.165) is 31.4 Å². The van der Waals surface area contributed by atoms with Crippen LogP contribution >= 0.6 is 0 Å². The first kappa shape index (κ1) is 14.7. The lowest BCUT2D eigenvalue weighted by Gasteiger charge is -2.02. The fourth-order valence-electron chi connectivity index (χ4n) is 1.72. The highest BCUT2D eigenvalue weighted by atomic mass is 16.5. The maximum Gasteiger partial charge on any atom is 0.376 e. The van der Waals surface area contributed by atoms with E-state index in [0.29, 0.717) is 18.4 Å². The number of nitrogens with zero attached hydrogens (tertiary/aromatic N) is 1. The molecule has 0 saturated carbocycles. The van der Waals surface area contributed by atoms with Crippen molar-refractivity contribution in [1.82, 2.24) is 4.98 Å². The predicted molar refractivity (Wildman–Crippen MR) is 69.6 cm³/mol. The molecule has 0 fully saturated rings. The molecule has 0 amide bonds. The van der Waals surface area contributed by atoms with Gasteiger partial charge in [0.25, 0.3) is 0 Å². The summed E-state index contributed by atoms with van der Waals surface area (Å²) in [6, 6.07) is 0. The number of unbranched alkanes of at least 4 members (excludes halogenated alkanes) is 1. The molecule has 0 aromatic carbocycles. The van der Waals surface area contributed by atoms with E-state index in [4.69, 9.17) is 9.15 Å². The van der Waals surface area contributed by atoms with Crippen LogP contribution in [0.5, 0.6) is 0 Å². The number of carbonyl (C=O) groups is 1. The van der Waals surface area contributed by atoms with Gasteiger partial charge in [0.2, 0.25) is 5.76 Å². The van der Waals surface area contributed by atoms with Gasteiger partial charge in [-0.15, -0.1) is 0 Å². The van der Waals surface area contributed by atoms with Crippen LogP contribution in [-0.2, 0) is 17.6 Å². The molecule has 4 nitrogen and oxygen atoms in total. The van der Waals surface area contributed by atoms with E-state index in [-0.39, 0.29) is 5.76 Å². The monoisotopic (exact) mass is 253 g/mol. The van der Waals surface area contributed by atoms with Gasteiger partial charge in [-0.25, -0.2) is 9.78 Å². The normalized spacial score (nSPS) is 10.9. The molecule has 18 heavy (non-hydrogen) atoms. The van der Waals surface area contributed by atoms with Crippen molar-refractivity contribution in [3.63, 3.8) is 0 Å². The first-order valence-corrected chi connectivity index (χ1v) is 6.74. The summed E-state index contributed by atoms with van der Waals surface area (Å²) in [5.74, 6) is 0.970. The maximum atomic E-state index is 11.8. The second-order valence-electron chi connectivity index (χ2n) is 4.81. The van der Waals surface area contributed by atoms with E-state index in [1.54, 1.807) is 6.92 Å². The van der Waals surface area contributed by atoms with Crippen molar-refractivity contribution < 1.29 is 13.9 Å². The SMILES string of the molecule is CCCCc1nc(CC(C)C)c(C(=O)OCC)o1. The van der Waals surface area contributed by atoms with Gasteiger partial charge in [0.1, 0.15) is 0 Å². The molecule has 1 rings (SSSR count). The largest absolute Gasteiger partial charge is 0.460 e. The summed E-state index contributed by atoms with van der Waals surface area (Å²) in [6.45, 7) is 8.44. The van der Waals surface area contributed by atoms with E-state index in [9.17, 15) is 4.79 Å². The van der Waals surface area contributed by atoms with Gasteiger partial charge in [-0.1, -0.05) is 27.2 Å². The molecule has 1 aromatic rings. The number of aromatic nitrogens is 1. The fourth-order valence-corrected chi connectivity index (χ4v) is 1.72. The Morgan fingerprint density at radius 1 is 1.39 bits per heavy atom. The lowest BCUT2D eigenvalue weighted by molar-refractivity contribution is 0.0486. The second-order valence-corrected chi connectivity index (χ2v) is 4.81. The molecule has 102 valence electrons. The summed E-state index contributed by atoms with van der Waals surface area (Å²) in [4.78, 5) is 16.2. The Hall–Kier alpha value is -1.32. The van der Waals surface area contributed by atoms with Crippen LogP contribution in [0.15, 0.2) is 4.42 Å². The van der Waals surface area contributed by atoms with Crippen LogP contribution in [0.4, 0.5) is 0 Å². The van der Waals surface area contributed by atoms with Gasteiger partial charge in [0.05, 0.1) is 12.3 Å². The van der Waals surface area contributed by atoms with Crippen LogP contribution in [0.2, 0.25) is 0 Å². The van der Waals surface area contributed by atoms with Crippen LogP contribution < -0.4 is 0 Å². The third-order valence-electron chi connectivity index (χ3n) is 2.55. The number of aryl methyl sites for hydroxylation is 1. The minimum atomic E-state index is -0.400. The molecule has 0 aliphatic rings. The van der Waals surface area contributed by atoms with E-state index in [1.807, 2.05) is 0 Å². The summed E-state index contributed by atoms with van der Waals surface area (Å²) in [6.07, 6.45) is 3.62. The summed E-state index contributed by atoms with van der Waals surface area (Å²) < 4.78 is 10.5. The van der Waals surface area contributed by atoms with E-state index >= 15 is 0 Å². The van der Waals surface area contributed by atoms with Crippen molar-refractivity contribution in [2.45, 2.75) is 53.4 Å². The molecule has 0 bridgehead atoms. The highest BCUT2D eigenvalue weighted by Crippen LogP contribution is 2.18. The van der Waals surface area contributed by atoms with Gasteiger partial charge in [-0.3, -0.25) is 0 Å². The van der Waals surface area contributed by atoms with Crippen LogP contribution in [0, 0.1) is 5.92 Å². The molecular weight excluding hydrogens is 230 g/mol. The molecule has 1 aromatic heterocycles. The van der Waals surface area contributed by atoms with Gasteiger partial charge in [0.15, 0.2) is 5.89 Å². The molecular formula is C14H23NO3. The molecule has 0 unspecified atom stereocenters. The minimum Gasteiger partial charge on any atom is -0.460 e. The average Bonchev–Trinajstić information content (AvgIpc) is 2.69. The molecule has 0 radical (unpaired) electrons. The summed E-state index contributed by atoms with van der Waals surface area (Å²) in [7, 11) is 0. The average molecular weight is 253 g/mol. The Kier molecular flexibility index (Phi) is 5.89. The predicted octanol–water partition coefficient (Wildman–Crippen LogP) is 3.39. The lowest BCUT2D eigenvalue weighted by atomic mass is 10.1. The Bertz CT molecular complexity index is 382. The second kappa shape index (κ2) is 7.19. The number of hydrogen-bond acceptors (Lipinski definition) is 4. The number of esters is 1. The maximum absolute atomic E-state index is 11.8. The summed E-state index contributed by atoms with van der Waals surface area (Å²) in [5.41, 5.74) is 0.731. The standard InChI is InChI=1S/C14H23NO3/c1-5-7-8-12-15-11(9-10(3)4)13(18-12)14(16)17-6-2/h10H,5-9H2,1-4H3. The number of oxazole rings is 1. The van der Waals surface area contributed by atoms with E-state index in [1.165, 1.54) is 0 Å². The minimum absolute atomic E-state index is 0.289.